The average molecular weight is 289 g/mol. The molecule has 4 heteroatoms. The Labute approximate surface area is 128 Å². The third-order valence-electron chi connectivity index (χ3n) is 4.58. The number of nitrogens with zero attached hydrogens (tertiary/aromatic N) is 2. The van der Waals surface area contributed by atoms with Gasteiger partial charge < -0.3 is 19.9 Å². The zero-order valence-electron chi connectivity index (χ0n) is 13.2. The summed E-state index contributed by atoms with van der Waals surface area (Å²) in [5.41, 5.74) is 2.69. The molecule has 1 saturated heterocycles. The van der Waals surface area contributed by atoms with Crippen LogP contribution < -0.4 is 15.1 Å². The molecule has 116 valence electrons. The van der Waals surface area contributed by atoms with Crippen molar-refractivity contribution >= 4 is 11.4 Å². The number of hydrogen-bond acceptors (Lipinski definition) is 4. The van der Waals surface area contributed by atoms with Gasteiger partial charge in [0.25, 0.3) is 0 Å². The van der Waals surface area contributed by atoms with Gasteiger partial charge in [0.1, 0.15) is 0 Å². The van der Waals surface area contributed by atoms with E-state index in [1.165, 1.54) is 24.2 Å². The Kier molecular flexibility index (Phi) is 4.66. The zero-order valence-corrected chi connectivity index (χ0v) is 13.2. The van der Waals surface area contributed by atoms with Gasteiger partial charge in [-0.05, 0) is 31.5 Å². The molecule has 2 heterocycles. The summed E-state index contributed by atoms with van der Waals surface area (Å²) in [5.74, 6) is 0. The van der Waals surface area contributed by atoms with Crippen molar-refractivity contribution in [1.29, 1.82) is 0 Å². The van der Waals surface area contributed by atoms with Crippen LogP contribution in [0, 0.1) is 0 Å². The van der Waals surface area contributed by atoms with Crippen LogP contribution >= 0.6 is 0 Å². The standard InChI is InChI=1S/C17H27N3O/c1-3-18-12-14-8-9-15(21-14)13-20-11-10-19(2)16-6-4-5-7-17(16)20/h4-7,14-15,18H,3,8-13H2,1-2H3. The number of nitrogens with one attached hydrogen (secondary N) is 1. The van der Waals surface area contributed by atoms with Gasteiger partial charge in [-0.2, -0.15) is 0 Å². The summed E-state index contributed by atoms with van der Waals surface area (Å²) in [6, 6.07) is 8.70. The second kappa shape index (κ2) is 6.67. The molecule has 0 saturated carbocycles. The average Bonchev–Trinajstić information content (AvgIpc) is 2.96. The first-order valence-electron chi connectivity index (χ1n) is 8.19. The molecule has 2 atom stereocenters. The first-order chi connectivity index (χ1) is 10.3. The Hall–Kier alpha value is -1.26. The summed E-state index contributed by atoms with van der Waals surface area (Å²) in [6.07, 6.45) is 3.15. The number of hydrogen-bond donors (Lipinski definition) is 1. The summed E-state index contributed by atoms with van der Waals surface area (Å²) in [7, 11) is 2.18. The molecule has 0 amide bonds. The molecule has 0 aromatic heterocycles. The lowest BCUT2D eigenvalue weighted by Crippen LogP contribution is -2.43. The molecule has 4 nitrogen and oxygen atoms in total. The molecule has 3 rings (SSSR count). The van der Waals surface area contributed by atoms with E-state index in [4.69, 9.17) is 4.74 Å². The van der Waals surface area contributed by atoms with Crippen LogP contribution in [0.4, 0.5) is 11.4 Å². The third kappa shape index (κ3) is 3.33. The minimum absolute atomic E-state index is 0.380. The van der Waals surface area contributed by atoms with Gasteiger partial charge >= 0.3 is 0 Å². The first-order valence-corrected chi connectivity index (χ1v) is 8.19. The summed E-state index contributed by atoms with van der Waals surface area (Å²) in [4.78, 5) is 4.84. The van der Waals surface area contributed by atoms with Crippen LogP contribution in [0.2, 0.25) is 0 Å². The Morgan fingerprint density at radius 2 is 1.90 bits per heavy atom. The van der Waals surface area contributed by atoms with Crippen LogP contribution in [-0.4, -0.2) is 52.0 Å². The molecule has 1 N–H and O–H groups in total. The first kappa shape index (κ1) is 14.7. The zero-order chi connectivity index (χ0) is 14.7. The molecule has 2 aliphatic heterocycles. The highest BCUT2D eigenvalue weighted by atomic mass is 16.5. The van der Waals surface area contributed by atoms with Gasteiger partial charge in [0.05, 0.1) is 23.6 Å². The fourth-order valence-corrected chi connectivity index (χ4v) is 3.37. The van der Waals surface area contributed by atoms with E-state index in [1.807, 2.05) is 0 Å². The van der Waals surface area contributed by atoms with E-state index in [0.717, 1.165) is 32.7 Å². The molecular formula is C17H27N3O. The SMILES string of the molecule is CCNCC1CCC(CN2CCN(C)c3ccccc32)O1. The molecule has 0 spiro atoms. The summed E-state index contributed by atoms with van der Waals surface area (Å²) < 4.78 is 6.19. The third-order valence-corrected chi connectivity index (χ3v) is 4.58. The number of para-hydroxylation sites is 2. The van der Waals surface area contributed by atoms with Crippen LogP contribution in [0.1, 0.15) is 19.8 Å². The molecule has 2 aliphatic rings. The highest BCUT2D eigenvalue weighted by Gasteiger charge is 2.28. The van der Waals surface area contributed by atoms with E-state index >= 15 is 0 Å². The van der Waals surface area contributed by atoms with E-state index in [1.54, 1.807) is 0 Å². The minimum atomic E-state index is 0.380. The molecule has 1 fully saturated rings. The highest BCUT2D eigenvalue weighted by molar-refractivity contribution is 5.73. The van der Waals surface area contributed by atoms with Gasteiger partial charge in [-0.15, -0.1) is 0 Å². The summed E-state index contributed by atoms with van der Waals surface area (Å²) in [6.45, 7) is 7.36. The topological polar surface area (TPSA) is 27.7 Å². The second-order valence-corrected chi connectivity index (χ2v) is 6.12. The van der Waals surface area contributed by atoms with Gasteiger partial charge in [0.15, 0.2) is 0 Å². The lowest BCUT2D eigenvalue weighted by Gasteiger charge is -2.38. The minimum Gasteiger partial charge on any atom is -0.372 e. The van der Waals surface area contributed by atoms with Gasteiger partial charge in [-0.1, -0.05) is 19.1 Å². The maximum Gasteiger partial charge on any atom is 0.0755 e. The van der Waals surface area contributed by atoms with Crippen molar-refractivity contribution in [3.05, 3.63) is 24.3 Å². The maximum atomic E-state index is 6.19. The normalized spacial score (nSPS) is 25.2. The fraction of sp³-hybridized carbons (Fsp3) is 0.647. The molecule has 0 bridgehead atoms. The second-order valence-electron chi connectivity index (χ2n) is 6.12. The number of benzene rings is 1. The summed E-state index contributed by atoms with van der Waals surface area (Å²) in [5, 5.41) is 3.39. The van der Waals surface area contributed by atoms with Crippen molar-refractivity contribution in [2.75, 3.05) is 49.6 Å². The molecule has 1 aromatic carbocycles. The van der Waals surface area contributed by atoms with E-state index in [2.05, 4.69) is 53.4 Å². The maximum absolute atomic E-state index is 6.19. The van der Waals surface area contributed by atoms with Crippen LogP contribution in [0.5, 0.6) is 0 Å². The predicted octanol–water partition coefficient (Wildman–Crippen LogP) is 2.10. The molecular weight excluding hydrogens is 262 g/mol. The highest BCUT2D eigenvalue weighted by Crippen LogP contribution is 2.33. The van der Waals surface area contributed by atoms with Gasteiger partial charge in [-0.25, -0.2) is 0 Å². The Morgan fingerprint density at radius 3 is 2.71 bits per heavy atom. The summed E-state index contributed by atoms with van der Waals surface area (Å²) >= 11 is 0. The van der Waals surface area contributed by atoms with Crippen LogP contribution in [-0.2, 0) is 4.74 Å². The van der Waals surface area contributed by atoms with Crippen molar-refractivity contribution in [1.82, 2.24) is 5.32 Å². The van der Waals surface area contributed by atoms with Crippen molar-refractivity contribution in [2.24, 2.45) is 0 Å². The predicted molar refractivity (Wildman–Crippen MR) is 88.4 cm³/mol. The van der Waals surface area contributed by atoms with Crippen molar-refractivity contribution in [3.63, 3.8) is 0 Å². The van der Waals surface area contributed by atoms with Gasteiger partial charge in [-0.3, -0.25) is 0 Å². The van der Waals surface area contributed by atoms with Gasteiger partial charge in [0.2, 0.25) is 0 Å². The number of likely N-dealkylation sites (N-methyl/N-ethyl adjacent to an activating group) is 2. The molecule has 2 unspecified atom stereocenters. The largest absolute Gasteiger partial charge is 0.372 e. The quantitative estimate of drug-likeness (QED) is 0.898. The number of ether oxygens (including phenoxy) is 1. The van der Waals surface area contributed by atoms with Crippen molar-refractivity contribution in [3.8, 4) is 0 Å². The number of fused-ring (bicyclic) bond motifs is 1. The monoisotopic (exact) mass is 289 g/mol. The molecule has 21 heavy (non-hydrogen) atoms. The Morgan fingerprint density at radius 1 is 1.14 bits per heavy atom. The van der Waals surface area contributed by atoms with Crippen molar-refractivity contribution in [2.45, 2.75) is 32.0 Å². The smallest absolute Gasteiger partial charge is 0.0755 e. The molecule has 0 radical (unpaired) electrons. The van der Waals surface area contributed by atoms with E-state index in [-0.39, 0.29) is 0 Å². The molecule has 1 aromatic rings. The van der Waals surface area contributed by atoms with Crippen LogP contribution in [0.3, 0.4) is 0 Å². The van der Waals surface area contributed by atoms with Crippen molar-refractivity contribution < 1.29 is 4.74 Å². The Bertz CT molecular complexity index is 465. The van der Waals surface area contributed by atoms with E-state index < -0.39 is 0 Å². The lowest BCUT2D eigenvalue weighted by molar-refractivity contribution is 0.0497. The Balaban J connectivity index is 1.60. The lowest BCUT2D eigenvalue weighted by atomic mass is 10.1. The van der Waals surface area contributed by atoms with Gasteiger partial charge in [0, 0.05) is 33.2 Å². The fourth-order valence-electron chi connectivity index (χ4n) is 3.37. The van der Waals surface area contributed by atoms with E-state index in [0.29, 0.717) is 12.2 Å². The molecule has 0 aliphatic carbocycles. The van der Waals surface area contributed by atoms with E-state index in [9.17, 15) is 0 Å². The van der Waals surface area contributed by atoms with Crippen LogP contribution in [0.25, 0.3) is 0 Å². The van der Waals surface area contributed by atoms with Crippen LogP contribution in [0.15, 0.2) is 24.3 Å². The number of rotatable bonds is 5. The number of anilines is 2.